The molecule has 0 aliphatic carbocycles. The first-order valence-corrected chi connectivity index (χ1v) is 5.67. The van der Waals surface area contributed by atoms with Gasteiger partial charge in [0.25, 0.3) is 0 Å². The van der Waals surface area contributed by atoms with E-state index in [1.807, 2.05) is 19.9 Å². The molecule has 4 nitrogen and oxygen atoms in total. The molecule has 5 heteroatoms. The lowest BCUT2D eigenvalue weighted by Gasteiger charge is -2.14. The summed E-state index contributed by atoms with van der Waals surface area (Å²) in [5.41, 5.74) is 7.76. The molecule has 0 heterocycles. The number of amides is 1. The molecular weight excluding hydrogens is 240 g/mol. The number of hydrogen-bond donors (Lipinski definition) is 2. The molecule has 0 fully saturated rings. The van der Waals surface area contributed by atoms with Gasteiger partial charge >= 0.3 is 0 Å². The van der Waals surface area contributed by atoms with E-state index in [0.29, 0.717) is 10.8 Å². The maximum atomic E-state index is 11.6. The van der Waals surface area contributed by atoms with Gasteiger partial charge in [-0.25, -0.2) is 5.43 Å². The number of carbonyl (C=O) groups is 1. The van der Waals surface area contributed by atoms with Gasteiger partial charge in [0, 0.05) is 17.6 Å². The fourth-order valence-corrected chi connectivity index (χ4v) is 1.87. The molecule has 0 radical (unpaired) electrons. The summed E-state index contributed by atoms with van der Waals surface area (Å²) >= 11 is 6.17. The van der Waals surface area contributed by atoms with Crippen LogP contribution in [0.25, 0.3) is 0 Å². The van der Waals surface area contributed by atoms with Crippen molar-refractivity contribution in [3.8, 4) is 5.75 Å². The number of carbonyl (C=O) groups excluding carboxylic acids is 1. The topological polar surface area (TPSA) is 50.4 Å². The van der Waals surface area contributed by atoms with Gasteiger partial charge in [0.2, 0.25) is 5.91 Å². The van der Waals surface area contributed by atoms with Crippen LogP contribution in [0, 0.1) is 13.8 Å². The molecule has 0 aromatic heterocycles. The second-order valence-electron chi connectivity index (χ2n) is 3.79. The van der Waals surface area contributed by atoms with Gasteiger partial charge in [0.15, 0.2) is 0 Å². The van der Waals surface area contributed by atoms with Crippen LogP contribution >= 0.6 is 11.6 Å². The van der Waals surface area contributed by atoms with Crippen molar-refractivity contribution in [2.75, 3.05) is 14.2 Å². The summed E-state index contributed by atoms with van der Waals surface area (Å²) in [5, 5.41) is 0.679. The smallest absolute Gasteiger partial charge is 0.238 e. The zero-order valence-electron chi connectivity index (χ0n) is 10.5. The number of hydrogen-bond acceptors (Lipinski definition) is 3. The number of ether oxygens (including phenoxy) is 1. The SMILES string of the molecule is CNNC(=O)Cc1c(OC)cc(C)c(Cl)c1C. The Morgan fingerprint density at radius 3 is 2.65 bits per heavy atom. The zero-order chi connectivity index (χ0) is 13.0. The van der Waals surface area contributed by atoms with E-state index in [-0.39, 0.29) is 12.3 Å². The van der Waals surface area contributed by atoms with Gasteiger partial charge in [0.1, 0.15) is 5.75 Å². The number of hydrazine groups is 1. The molecule has 0 atom stereocenters. The van der Waals surface area contributed by atoms with Crippen molar-refractivity contribution in [2.45, 2.75) is 20.3 Å². The van der Waals surface area contributed by atoms with E-state index >= 15 is 0 Å². The average molecular weight is 257 g/mol. The van der Waals surface area contributed by atoms with Gasteiger partial charge < -0.3 is 4.74 Å². The van der Waals surface area contributed by atoms with Crippen molar-refractivity contribution in [3.63, 3.8) is 0 Å². The Labute approximate surface area is 106 Å². The molecule has 1 aromatic rings. The molecule has 1 amide bonds. The van der Waals surface area contributed by atoms with Gasteiger partial charge in [0.05, 0.1) is 13.5 Å². The van der Waals surface area contributed by atoms with Crippen molar-refractivity contribution in [2.24, 2.45) is 0 Å². The van der Waals surface area contributed by atoms with Crippen molar-refractivity contribution < 1.29 is 9.53 Å². The van der Waals surface area contributed by atoms with E-state index in [9.17, 15) is 4.79 Å². The Morgan fingerprint density at radius 1 is 1.47 bits per heavy atom. The van der Waals surface area contributed by atoms with Crippen LogP contribution in [0.3, 0.4) is 0 Å². The summed E-state index contributed by atoms with van der Waals surface area (Å²) in [7, 11) is 3.23. The first kappa shape index (κ1) is 13.8. The molecule has 0 saturated carbocycles. The van der Waals surface area contributed by atoms with Crippen LogP contribution < -0.4 is 15.6 Å². The van der Waals surface area contributed by atoms with Gasteiger partial charge in [-0.3, -0.25) is 10.2 Å². The Balaban J connectivity index is 3.13. The molecule has 94 valence electrons. The first-order valence-electron chi connectivity index (χ1n) is 5.29. The van der Waals surface area contributed by atoms with Gasteiger partial charge in [-0.2, -0.15) is 0 Å². The summed E-state index contributed by atoms with van der Waals surface area (Å²) in [6.07, 6.45) is 0.232. The summed E-state index contributed by atoms with van der Waals surface area (Å²) in [4.78, 5) is 11.6. The van der Waals surface area contributed by atoms with Crippen molar-refractivity contribution >= 4 is 17.5 Å². The molecule has 17 heavy (non-hydrogen) atoms. The number of benzene rings is 1. The van der Waals surface area contributed by atoms with E-state index in [1.165, 1.54) is 0 Å². The summed E-state index contributed by atoms with van der Waals surface area (Å²) < 4.78 is 5.28. The monoisotopic (exact) mass is 256 g/mol. The van der Waals surface area contributed by atoms with Crippen molar-refractivity contribution in [1.29, 1.82) is 0 Å². The Hall–Kier alpha value is -1.26. The number of aryl methyl sites for hydroxylation is 1. The maximum absolute atomic E-state index is 11.6. The molecule has 0 unspecified atom stereocenters. The van der Waals surface area contributed by atoms with Gasteiger partial charge in [-0.1, -0.05) is 11.6 Å². The van der Waals surface area contributed by atoms with Crippen LogP contribution in [0.1, 0.15) is 16.7 Å². The fourth-order valence-electron chi connectivity index (χ4n) is 1.71. The minimum atomic E-state index is -0.131. The highest BCUT2D eigenvalue weighted by molar-refractivity contribution is 6.32. The number of rotatable bonds is 4. The molecule has 0 spiro atoms. The summed E-state index contributed by atoms with van der Waals surface area (Å²) in [5.74, 6) is 0.560. The van der Waals surface area contributed by atoms with Gasteiger partial charge in [-0.15, -0.1) is 0 Å². The molecule has 1 aromatic carbocycles. The minimum absolute atomic E-state index is 0.131. The van der Waals surface area contributed by atoms with Crippen LogP contribution in [0.2, 0.25) is 5.02 Å². The lowest BCUT2D eigenvalue weighted by Crippen LogP contribution is -2.35. The molecule has 0 saturated heterocycles. The van der Waals surface area contributed by atoms with Crippen LogP contribution in [0.15, 0.2) is 6.07 Å². The van der Waals surface area contributed by atoms with E-state index in [2.05, 4.69) is 10.9 Å². The lowest BCUT2D eigenvalue weighted by molar-refractivity contribution is -0.121. The highest BCUT2D eigenvalue weighted by Crippen LogP contribution is 2.31. The molecule has 0 aliphatic rings. The van der Waals surface area contributed by atoms with Crippen LogP contribution in [-0.4, -0.2) is 20.1 Å². The molecule has 2 N–H and O–H groups in total. The third-order valence-corrected chi connectivity index (χ3v) is 3.18. The average Bonchev–Trinajstić information content (AvgIpc) is 2.30. The van der Waals surface area contributed by atoms with Gasteiger partial charge in [-0.05, 0) is 31.0 Å². The Bertz CT molecular complexity index is 433. The Kier molecular flexibility index (Phi) is 4.78. The van der Waals surface area contributed by atoms with Crippen molar-refractivity contribution in [1.82, 2.24) is 10.9 Å². The highest BCUT2D eigenvalue weighted by atomic mass is 35.5. The van der Waals surface area contributed by atoms with E-state index in [0.717, 1.165) is 16.7 Å². The molecule has 1 rings (SSSR count). The number of halogens is 1. The summed E-state index contributed by atoms with van der Waals surface area (Å²) in [6.45, 7) is 3.80. The zero-order valence-corrected chi connectivity index (χ0v) is 11.2. The standard InChI is InChI=1S/C12H17ClN2O2/c1-7-5-10(17-4)9(8(2)12(7)13)6-11(16)15-14-3/h5,14H,6H2,1-4H3,(H,15,16). The van der Waals surface area contributed by atoms with Crippen molar-refractivity contribution in [3.05, 3.63) is 27.8 Å². The second-order valence-corrected chi connectivity index (χ2v) is 4.17. The highest BCUT2D eigenvalue weighted by Gasteiger charge is 2.15. The predicted molar refractivity (Wildman–Crippen MR) is 68.4 cm³/mol. The van der Waals surface area contributed by atoms with E-state index in [1.54, 1.807) is 14.2 Å². The van der Waals surface area contributed by atoms with Crippen LogP contribution in [-0.2, 0) is 11.2 Å². The Morgan fingerprint density at radius 2 is 2.12 bits per heavy atom. The minimum Gasteiger partial charge on any atom is -0.496 e. The van der Waals surface area contributed by atoms with E-state index < -0.39 is 0 Å². The molecule has 0 bridgehead atoms. The second kappa shape index (κ2) is 5.89. The molecule has 0 aliphatic heterocycles. The fraction of sp³-hybridized carbons (Fsp3) is 0.417. The largest absolute Gasteiger partial charge is 0.496 e. The maximum Gasteiger partial charge on any atom is 0.238 e. The van der Waals surface area contributed by atoms with E-state index in [4.69, 9.17) is 16.3 Å². The summed E-state index contributed by atoms with van der Waals surface area (Å²) in [6, 6.07) is 1.84. The quantitative estimate of drug-likeness (QED) is 0.807. The normalized spacial score (nSPS) is 10.2. The molecular formula is C12H17ClN2O2. The van der Waals surface area contributed by atoms with Crippen LogP contribution in [0.4, 0.5) is 0 Å². The van der Waals surface area contributed by atoms with Crippen LogP contribution in [0.5, 0.6) is 5.75 Å². The number of nitrogens with one attached hydrogen (secondary N) is 2. The third kappa shape index (κ3) is 3.11. The third-order valence-electron chi connectivity index (χ3n) is 2.59. The number of methoxy groups -OCH3 is 1. The predicted octanol–water partition coefficient (Wildman–Crippen LogP) is 1.76. The lowest BCUT2D eigenvalue weighted by atomic mass is 10.0. The first-order chi connectivity index (χ1) is 8.01.